The van der Waals surface area contributed by atoms with Gasteiger partial charge in [0.15, 0.2) is 11.5 Å². The minimum absolute atomic E-state index is 0.183. The predicted octanol–water partition coefficient (Wildman–Crippen LogP) is 2.21. The van der Waals surface area contributed by atoms with E-state index in [0.29, 0.717) is 18.0 Å². The molecule has 1 N–H and O–H groups in total. The van der Waals surface area contributed by atoms with Gasteiger partial charge in [-0.05, 0) is 19.9 Å². The molecule has 0 bridgehead atoms. The zero-order chi connectivity index (χ0) is 12.7. The van der Waals surface area contributed by atoms with Crippen LogP contribution < -0.4 is 14.8 Å². The average Bonchev–Trinajstić information content (AvgIpc) is 2.33. The van der Waals surface area contributed by atoms with Gasteiger partial charge in [0.25, 0.3) is 0 Å². The van der Waals surface area contributed by atoms with Crippen LogP contribution in [-0.2, 0) is 6.54 Å². The molecule has 0 amide bonds. The highest BCUT2D eigenvalue weighted by molar-refractivity contribution is 6.20. The lowest BCUT2D eigenvalue weighted by Gasteiger charge is -2.12. The third-order valence-electron chi connectivity index (χ3n) is 2.38. The summed E-state index contributed by atoms with van der Waals surface area (Å²) in [5.41, 5.74) is 0.842. The largest absolute Gasteiger partial charge is 0.493 e. The van der Waals surface area contributed by atoms with E-state index in [0.717, 1.165) is 18.7 Å². The molecule has 0 saturated carbocycles. The number of pyridine rings is 1. The van der Waals surface area contributed by atoms with Gasteiger partial charge in [0.2, 0.25) is 0 Å². The van der Waals surface area contributed by atoms with Crippen LogP contribution in [0.25, 0.3) is 0 Å². The molecule has 17 heavy (non-hydrogen) atoms. The van der Waals surface area contributed by atoms with Crippen LogP contribution in [0.1, 0.15) is 19.0 Å². The van der Waals surface area contributed by atoms with Crippen molar-refractivity contribution in [3.63, 3.8) is 0 Å². The van der Waals surface area contributed by atoms with E-state index in [1.54, 1.807) is 26.5 Å². The highest BCUT2D eigenvalue weighted by atomic mass is 35.5. The Balaban J connectivity index is 2.58. The minimum atomic E-state index is 0.183. The van der Waals surface area contributed by atoms with E-state index < -0.39 is 0 Å². The lowest BCUT2D eigenvalue weighted by atomic mass is 10.3. The summed E-state index contributed by atoms with van der Waals surface area (Å²) in [7, 11) is 3.23. The Morgan fingerprint density at radius 3 is 2.76 bits per heavy atom. The van der Waals surface area contributed by atoms with E-state index in [-0.39, 0.29) is 5.38 Å². The summed E-state index contributed by atoms with van der Waals surface area (Å²) in [5.74, 6) is 1.38. The van der Waals surface area contributed by atoms with E-state index in [1.165, 1.54) is 0 Å². The Hall–Kier alpha value is -1.00. The first-order valence-corrected chi connectivity index (χ1v) is 6.03. The molecule has 1 aromatic heterocycles. The van der Waals surface area contributed by atoms with Crippen molar-refractivity contribution in [2.45, 2.75) is 25.3 Å². The fourth-order valence-corrected chi connectivity index (χ4v) is 1.59. The van der Waals surface area contributed by atoms with Gasteiger partial charge in [-0.1, -0.05) is 0 Å². The molecular weight excluding hydrogens is 240 g/mol. The SMILES string of the molecule is COc1ccnc(CNCCC(C)Cl)c1OC. The highest BCUT2D eigenvalue weighted by Crippen LogP contribution is 2.28. The second-order valence-corrected chi connectivity index (χ2v) is 4.48. The Morgan fingerprint density at radius 2 is 2.18 bits per heavy atom. The fraction of sp³-hybridized carbons (Fsp3) is 0.583. The zero-order valence-corrected chi connectivity index (χ0v) is 11.3. The van der Waals surface area contributed by atoms with Crippen LogP contribution >= 0.6 is 11.6 Å². The van der Waals surface area contributed by atoms with Crippen LogP contribution in [0.2, 0.25) is 0 Å². The number of aromatic nitrogens is 1. The Kier molecular flexibility index (Phi) is 6.08. The molecule has 5 heteroatoms. The van der Waals surface area contributed by atoms with Crippen LogP contribution in [0, 0.1) is 0 Å². The van der Waals surface area contributed by atoms with E-state index >= 15 is 0 Å². The molecular formula is C12H19ClN2O2. The Bertz CT molecular complexity index is 345. The average molecular weight is 259 g/mol. The number of hydrogen-bond donors (Lipinski definition) is 1. The fourth-order valence-electron chi connectivity index (χ4n) is 1.48. The Labute approximate surface area is 107 Å². The molecule has 1 heterocycles. The number of halogens is 1. The minimum Gasteiger partial charge on any atom is -0.493 e. The molecule has 1 atom stereocenters. The van der Waals surface area contributed by atoms with Crippen LogP contribution in [0.5, 0.6) is 11.5 Å². The van der Waals surface area contributed by atoms with E-state index in [9.17, 15) is 0 Å². The van der Waals surface area contributed by atoms with Crippen molar-refractivity contribution in [2.24, 2.45) is 0 Å². The van der Waals surface area contributed by atoms with Crippen molar-refractivity contribution < 1.29 is 9.47 Å². The molecule has 1 rings (SSSR count). The lowest BCUT2D eigenvalue weighted by Crippen LogP contribution is -2.18. The summed E-state index contributed by atoms with van der Waals surface area (Å²) in [6.07, 6.45) is 2.64. The second kappa shape index (κ2) is 7.35. The normalized spacial score (nSPS) is 12.2. The molecule has 4 nitrogen and oxygen atoms in total. The summed E-state index contributed by atoms with van der Waals surface area (Å²) >= 11 is 5.87. The van der Waals surface area contributed by atoms with Gasteiger partial charge >= 0.3 is 0 Å². The zero-order valence-electron chi connectivity index (χ0n) is 10.5. The summed E-state index contributed by atoms with van der Waals surface area (Å²) in [6.45, 7) is 3.48. The molecule has 0 aliphatic carbocycles. The van der Waals surface area contributed by atoms with Gasteiger partial charge in [-0.3, -0.25) is 4.98 Å². The summed E-state index contributed by atoms with van der Waals surface area (Å²) in [6, 6.07) is 1.78. The van der Waals surface area contributed by atoms with Crippen molar-refractivity contribution >= 4 is 11.6 Å². The van der Waals surface area contributed by atoms with Crippen LogP contribution in [0.3, 0.4) is 0 Å². The summed E-state index contributed by atoms with van der Waals surface area (Å²) in [4.78, 5) is 4.27. The van der Waals surface area contributed by atoms with Gasteiger partial charge in [-0.25, -0.2) is 0 Å². The molecule has 0 spiro atoms. The van der Waals surface area contributed by atoms with Crippen LogP contribution in [0.4, 0.5) is 0 Å². The first-order valence-electron chi connectivity index (χ1n) is 5.59. The van der Waals surface area contributed by atoms with Crippen molar-refractivity contribution in [3.8, 4) is 11.5 Å². The van der Waals surface area contributed by atoms with Crippen molar-refractivity contribution in [1.29, 1.82) is 0 Å². The van der Waals surface area contributed by atoms with Crippen molar-refractivity contribution in [3.05, 3.63) is 18.0 Å². The number of hydrogen-bond acceptors (Lipinski definition) is 4. The van der Waals surface area contributed by atoms with Gasteiger partial charge in [-0.15, -0.1) is 11.6 Å². The monoisotopic (exact) mass is 258 g/mol. The van der Waals surface area contributed by atoms with Crippen LogP contribution in [-0.4, -0.2) is 31.1 Å². The lowest BCUT2D eigenvalue weighted by molar-refractivity contribution is 0.348. The number of alkyl halides is 1. The summed E-state index contributed by atoms with van der Waals surface area (Å²) in [5, 5.41) is 3.46. The maximum atomic E-state index is 5.87. The first-order chi connectivity index (χ1) is 8.19. The molecule has 0 saturated heterocycles. The topological polar surface area (TPSA) is 43.4 Å². The number of ether oxygens (including phenoxy) is 2. The smallest absolute Gasteiger partial charge is 0.183 e. The third-order valence-corrected chi connectivity index (χ3v) is 2.60. The molecule has 96 valence electrons. The van der Waals surface area contributed by atoms with Gasteiger partial charge < -0.3 is 14.8 Å². The molecule has 0 radical (unpaired) electrons. The quantitative estimate of drug-likeness (QED) is 0.602. The highest BCUT2D eigenvalue weighted by Gasteiger charge is 2.10. The van der Waals surface area contributed by atoms with Gasteiger partial charge in [-0.2, -0.15) is 0 Å². The third kappa shape index (κ3) is 4.40. The number of nitrogens with zero attached hydrogens (tertiary/aromatic N) is 1. The number of rotatable bonds is 7. The van der Waals surface area contributed by atoms with Gasteiger partial charge in [0.1, 0.15) is 0 Å². The maximum Gasteiger partial charge on any atom is 0.183 e. The summed E-state index contributed by atoms with van der Waals surface area (Å²) < 4.78 is 10.5. The van der Waals surface area contributed by atoms with E-state index in [1.807, 2.05) is 6.92 Å². The van der Waals surface area contributed by atoms with E-state index in [2.05, 4.69) is 10.3 Å². The van der Waals surface area contributed by atoms with E-state index in [4.69, 9.17) is 21.1 Å². The number of methoxy groups -OCH3 is 2. The first kappa shape index (κ1) is 14.1. The van der Waals surface area contributed by atoms with Crippen LogP contribution in [0.15, 0.2) is 12.3 Å². The standard InChI is InChI=1S/C12H19ClN2O2/c1-9(13)4-6-14-8-10-12(17-3)11(16-2)5-7-15-10/h5,7,9,14H,4,6,8H2,1-3H3. The molecule has 0 aliphatic rings. The molecule has 1 unspecified atom stereocenters. The molecule has 0 fully saturated rings. The Morgan fingerprint density at radius 1 is 1.41 bits per heavy atom. The molecule has 0 aromatic carbocycles. The van der Waals surface area contributed by atoms with Crippen molar-refractivity contribution in [1.82, 2.24) is 10.3 Å². The predicted molar refractivity (Wildman–Crippen MR) is 69.0 cm³/mol. The maximum absolute atomic E-state index is 5.87. The molecule has 0 aliphatic heterocycles. The molecule has 1 aromatic rings. The van der Waals surface area contributed by atoms with Crippen molar-refractivity contribution in [2.75, 3.05) is 20.8 Å². The number of nitrogens with one attached hydrogen (secondary N) is 1. The van der Waals surface area contributed by atoms with Gasteiger partial charge in [0, 0.05) is 24.2 Å². The van der Waals surface area contributed by atoms with Gasteiger partial charge in [0.05, 0.1) is 19.9 Å². The second-order valence-electron chi connectivity index (χ2n) is 3.74.